The first kappa shape index (κ1) is 15.3. The predicted molar refractivity (Wildman–Crippen MR) is 66.6 cm³/mol. The molecule has 0 bridgehead atoms. The fraction of sp³-hybridized carbons (Fsp3) is 0.750. The molecule has 0 saturated carbocycles. The quantitative estimate of drug-likeness (QED) is 0.714. The Balaban J connectivity index is 2.45. The number of nitrogens with one attached hydrogen (secondary N) is 1. The Morgan fingerprint density at radius 2 is 1.89 bits per heavy atom. The van der Waals surface area contributed by atoms with Gasteiger partial charge in [0, 0.05) is 19.5 Å². The number of carbonyl (C=O) groups is 3. The van der Waals surface area contributed by atoms with Gasteiger partial charge in [-0.25, -0.2) is 9.59 Å². The zero-order valence-electron chi connectivity index (χ0n) is 11.1. The van der Waals surface area contributed by atoms with Crippen LogP contribution in [0.5, 0.6) is 0 Å². The molecule has 1 heterocycles. The van der Waals surface area contributed by atoms with E-state index < -0.39 is 18.0 Å². The van der Waals surface area contributed by atoms with E-state index in [0.29, 0.717) is 13.1 Å². The molecule has 0 aliphatic carbocycles. The van der Waals surface area contributed by atoms with Gasteiger partial charge < -0.3 is 20.1 Å². The van der Waals surface area contributed by atoms with Crippen molar-refractivity contribution >= 4 is 18.0 Å². The van der Waals surface area contributed by atoms with E-state index in [0.717, 1.165) is 19.3 Å². The van der Waals surface area contributed by atoms with Crippen LogP contribution in [-0.4, -0.2) is 54.2 Å². The maximum absolute atomic E-state index is 11.9. The first-order valence-electron chi connectivity index (χ1n) is 6.39. The zero-order chi connectivity index (χ0) is 14.3. The Hall–Kier alpha value is -1.79. The van der Waals surface area contributed by atoms with Crippen LogP contribution < -0.4 is 5.32 Å². The number of carbonyl (C=O) groups excluding carboxylic acids is 2. The van der Waals surface area contributed by atoms with Crippen LogP contribution in [0.4, 0.5) is 4.79 Å². The highest BCUT2D eigenvalue weighted by molar-refractivity contribution is 5.83. The molecule has 0 radical (unpaired) electrons. The summed E-state index contributed by atoms with van der Waals surface area (Å²) < 4.78 is 4.45. The summed E-state index contributed by atoms with van der Waals surface area (Å²) in [7, 11) is 1.24. The lowest BCUT2D eigenvalue weighted by atomic mass is 10.1. The molecule has 1 saturated heterocycles. The molecule has 108 valence electrons. The van der Waals surface area contributed by atoms with Crippen LogP contribution in [-0.2, 0) is 14.3 Å². The minimum absolute atomic E-state index is 0.0294. The van der Waals surface area contributed by atoms with Gasteiger partial charge in [-0.3, -0.25) is 4.79 Å². The molecule has 0 aromatic carbocycles. The summed E-state index contributed by atoms with van der Waals surface area (Å²) in [5.74, 6) is -1.63. The standard InChI is InChI=1S/C12H20N2O5/c1-19-10(15)6-5-9(11(16)17)13-12(18)14-7-3-2-4-8-14/h9H,2-8H2,1H3,(H,13,18)(H,16,17)/t9-/m0/s1. The van der Waals surface area contributed by atoms with Crippen LogP contribution in [0.15, 0.2) is 0 Å². The number of piperidine rings is 1. The fourth-order valence-electron chi connectivity index (χ4n) is 1.96. The topological polar surface area (TPSA) is 95.9 Å². The monoisotopic (exact) mass is 272 g/mol. The van der Waals surface area contributed by atoms with Gasteiger partial charge in [0.25, 0.3) is 0 Å². The number of hydrogen-bond acceptors (Lipinski definition) is 4. The van der Waals surface area contributed by atoms with Gasteiger partial charge in [-0.15, -0.1) is 0 Å². The molecule has 1 atom stereocenters. The molecule has 0 unspecified atom stereocenters. The van der Waals surface area contributed by atoms with Crippen LogP contribution in [0.25, 0.3) is 0 Å². The van der Waals surface area contributed by atoms with E-state index in [1.54, 1.807) is 4.90 Å². The number of esters is 1. The SMILES string of the molecule is COC(=O)CC[C@H](NC(=O)N1CCCCC1)C(=O)O. The third kappa shape index (κ3) is 5.15. The van der Waals surface area contributed by atoms with Crippen LogP contribution in [0.2, 0.25) is 0 Å². The van der Waals surface area contributed by atoms with Crippen molar-refractivity contribution < 1.29 is 24.2 Å². The van der Waals surface area contributed by atoms with E-state index in [9.17, 15) is 14.4 Å². The second-order valence-electron chi connectivity index (χ2n) is 4.50. The van der Waals surface area contributed by atoms with Crippen molar-refractivity contribution in [2.45, 2.75) is 38.1 Å². The van der Waals surface area contributed by atoms with E-state index >= 15 is 0 Å². The summed E-state index contributed by atoms with van der Waals surface area (Å²) in [4.78, 5) is 35.5. The number of nitrogens with zero attached hydrogens (tertiary/aromatic N) is 1. The van der Waals surface area contributed by atoms with Crippen LogP contribution in [0.3, 0.4) is 0 Å². The summed E-state index contributed by atoms with van der Waals surface area (Å²) in [6, 6.07) is -1.44. The van der Waals surface area contributed by atoms with Gasteiger partial charge in [-0.2, -0.15) is 0 Å². The van der Waals surface area contributed by atoms with Crippen LogP contribution in [0, 0.1) is 0 Å². The molecular formula is C12H20N2O5. The summed E-state index contributed by atoms with van der Waals surface area (Å²) in [5, 5.41) is 11.5. The number of ether oxygens (including phenoxy) is 1. The molecular weight excluding hydrogens is 252 g/mol. The summed E-state index contributed by atoms with van der Waals surface area (Å²) in [5.41, 5.74) is 0. The molecule has 7 nitrogen and oxygen atoms in total. The van der Waals surface area contributed by atoms with E-state index in [1.165, 1.54) is 7.11 Å². The summed E-state index contributed by atoms with van der Waals surface area (Å²) in [6.07, 6.45) is 2.96. The highest BCUT2D eigenvalue weighted by Crippen LogP contribution is 2.09. The molecule has 1 fully saturated rings. The first-order valence-corrected chi connectivity index (χ1v) is 6.39. The van der Waals surface area contributed by atoms with E-state index in [1.807, 2.05) is 0 Å². The second kappa shape index (κ2) is 7.60. The lowest BCUT2D eigenvalue weighted by Crippen LogP contribution is -2.49. The van der Waals surface area contributed by atoms with Crippen LogP contribution in [0.1, 0.15) is 32.1 Å². The second-order valence-corrected chi connectivity index (χ2v) is 4.50. The highest BCUT2D eigenvalue weighted by atomic mass is 16.5. The lowest BCUT2D eigenvalue weighted by molar-refractivity contribution is -0.142. The van der Waals surface area contributed by atoms with Gasteiger partial charge in [-0.1, -0.05) is 0 Å². The first-order chi connectivity index (χ1) is 9.04. The predicted octanol–water partition coefficient (Wildman–Crippen LogP) is 0.588. The largest absolute Gasteiger partial charge is 0.480 e. The normalized spacial score (nSPS) is 16.6. The number of methoxy groups -OCH3 is 1. The maximum Gasteiger partial charge on any atom is 0.326 e. The molecule has 19 heavy (non-hydrogen) atoms. The number of rotatable bonds is 5. The summed E-state index contributed by atoms with van der Waals surface area (Å²) in [6.45, 7) is 1.30. The molecule has 7 heteroatoms. The molecule has 1 rings (SSSR count). The Kier molecular flexibility index (Phi) is 6.11. The Labute approximate surface area is 111 Å². The number of hydrogen-bond donors (Lipinski definition) is 2. The lowest BCUT2D eigenvalue weighted by Gasteiger charge is -2.28. The third-order valence-corrected chi connectivity index (χ3v) is 3.10. The molecule has 0 spiro atoms. The maximum atomic E-state index is 11.9. The van der Waals surface area contributed by atoms with Gasteiger partial charge in [0.1, 0.15) is 6.04 Å². The van der Waals surface area contributed by atoms with E-state index in [2.05, 4.69) is 10.1 Å². The zero-order valence-corrected chi connectivity index (χ0v) is 11.1. The van der Waals surface area contributed by atoms with Gasteiger partial charge in [0.05, 0.1) is 7.11 Å². The van der Waals surface area contributed by atoms with E-state index in [-0.39, 0.29) is 18.9 Å². The Morgan fingerprint density at radius 1 is 1.26 bits per heavy atom. The number of urea groups is 1. The third-order valence-electron chi connectivity index (χ3n) is 3.10. The Bertz CT molecular complexity index is 339. The smallest absolute Gasteiger partial charge is 0.326 e. The van der Waals surface area contributed by atoms with Crippen LogP contribution >= 0.6 is 0 Å². The molecule has 1 aliphatic heterocycles. The number of carboxylic acid groups (broad SMARTS) is 1. The minimum atomic E-state index is -1.14. The van der Waals surface area contributed by atoms with Crippen molar-refractivity contribution in [3.05, 3.63) is 0 Å². The Morgan fingerprint density at radius 3 is 2.42 bits per heavy atom. The molecule has 0 aromatic heterocycles. The van der Waals surface area contributed by atoms with Crippen molar-refractivity contribution in [1.82, 2.24) is 10.2 Å². The van der Waals surface area contributed by atoms with Gasteiger partial charge in [0.15, 0.2) is 0 Å². The highest BCUT2D eigenvalue weighted by Gasteiger charge is 2.24. The van der Waals surface area contributed by atoms with Gasteiger partial charge in [0.2, 0.25) is 0 Å². The van der Waals surface area contributed by atoms with Crippen molar-refractivity contribution in [2.24, 2.45) is 0 Å². The van der Waals surface area contributed by atoms with Gasteiger partial charge in [-0.05, 0) is 25.7 Å². The fourth-order valence-corrected chi connectivity index (χ4v) is 1.96. The number of amides is 2. The average molecular weight is 272 g/mol. The van der Waals surface area contributed by atoms with Crippen molar-refractivity contribution in [1.29, 1.82) is 0 Å². The van der Waals surface area contributed by atoms with Crippen molar-refractivity contribution in [3.63, 3.8) is 0 Å². The number of carboxylic acids is 1. The average Bonchev–Trinajstić information content (AvgIpc) is 2.43. The molecule has 2 amide bonds. The van der Waals surface area contributed by atoms with E-state index in [4.69, 9.17) is 5.11 Å². The number of likely N-dealkylation sites (tertiary alicyclic amines) is 1. The minimum Gasteiger partial charge on any atom is -0.480 e. The number of aliphatic carboxylic acids is 1. The van der Waals surface area contributed by atoms with Crippen molar-refractivity contribution in [2.75, 3.05) is 20.2 Å². The van der Waals surface area contributed by atoms with Gasteiger partial charge >= 0.3 is 18.0 Å². The molecule has 2 N–H and O–H groups in total. The molecule has 1 aliphatic rings. The van der Waals surface area contributed by atoms with Crippen molar-refractivity contribution in [3.8, 4) is 0 Å². The molecule has 0 aromatic rings. The summed E-state index contributed by atoms with van der Waals surface area (Å²) >= 11 is 0.